The molecule has 3 atom stereocenters. The number of rotatable bonds is 5. The molecule has 1 saturated carbocycles. The van der Waals surface area contributed by atoms with Crippen molar-refractivity contribution in [3.63, 3.8) is 0 Å². The number of nitrogens with one attached hydrogen (secondary N) is 1. The highest BCUT2D eigenvalue weighted by molar-refractivity contribution is 5.06. The second-order valence-corrected chi connectivity index (χ2v) is 5.54. The molecule has 1 heterocycles. The Morgan fingerprint density at radius 1 is 1.33 bits per heavy atom. The molecule has 18 heavy (non-hydrogen) atoms. The third-order valence-electron chi connectivity index (χ3n) is 4.54. The zero-order valence-electron chi connectivity index (χ0n) is 11.7. The summed E-state index contributed by atoms with van der Waals surface area (Å²) in [6, 6.07) is 6.82. The predicted octanol–water partition coefficient (Wildman–Crippen LogP) is 3.43. The summed E-state index contributed by atoms with van der Waals surface area (Å²) in [7, 11) is 2.11. The second-order valence-electron chi connectivity index (χ2n) is 5.54. The molecule has 3 unspecified atom stereocenters. The van der Waals surface area contributed by atoms with Gasteiger partial charge in [-0.05, 0) is 37.4 Å². The van der Waals surface area contributed by atoms with Crippen molar-refractivity contribution in [2.75, 3.05) is 7.05 Å². The molecule has 1 aliphatic carbocycles. The highest BCUT2D eigenvalue weighted by Gasteiger charge is 2.30. The average Bonchev–Trinajstić information content (AvgIpc) is 2.46. The molecule has 0 saturated heterocycles. The van der Waals surface area contributed by atoms with Crippen molar-refractivity contribution in [2.45, 2.75) is 51.5 Å². The van der Waals surface area contributed by atoms with Gasteiger partial charge in [-0.2, -0.15) is 0 Å². The third-order valence-corrected chi connectivity index (χ3v) is 4.54. The van der Waals surface area contributed by atoms with Crippen LogP contribution >= 0.6 is 0 Å². The molecule has 0 bridgehead atoms. The van der Waals surface area contributed by atoms with Crippen LogP contribution in [0.3, 0.4) is 0 Å². The lowest BCUT2D eigenvalue weighted by atomic mass is 9.73. The van der Waals surface area contributed by atoms with Gasteiger partial charge in [-0.3, -0.25) is 4.98 Å². The first-order valence-corrected chi connectivity index (χ1v) is 7.42. The SMILES string of the molecule is CCC1CCCCC1C(Cc1ccccn1)NC. The molecule has 0 spiro atoms. The lowest BCUT2D eigenvalue weighted by Gasteiger charge is -2.36. The van der Waals surface area contributed by atoms with Crippen molar-refractivity contribution in [3.05, 3.63) is 30.1 Å². The summed E-state index contributed by atoms with van der Waals surface area (Å²) < 4.78 is 0. The molecule has 0 aliphatic heterocycles. The Kier molecular flexibility index (Phi) is 5.18. The van der Waals surface area contributed by atoms with E-state index < -0.39 is 0 Å². The summed E-state index contributed by atoms with van der Waals surface area (Å²) in [5.74, 6) is 1.73. The fraction of sp³-hybridized carbons (Fsp3) is 0.688. The minimum absolute atomic E-state index is 0.588. The molecule has 1 aromatic rings. The summed E-state index contributed by atoms with van der Waals surface area (Å²) in [5, 5.41) is 3.54. The summed E-state index contributed by atoms with van der Waals surface area (Å²) in [6.07, 6.45) is 9.93. The number of pyridine rings is 1. The van der Waals surface area contributed by atoms with Gasteiger partial charge in [-0.1, -0.05) is 38.7 Å². The predicted molar refractivity (Wildman–Crippen MR) is 76.5 cm³/mol. The number of aromatic nitrogens is 1. The number of hydrogen-bond donors (Lipinski definition) is 1. The summed E-state index contributed by atoms with van der Waals surface area (Å²) in [6.45, 7) is 2.34. The summed E-state index contributed by atoms with van der Waals surface area (Å²) in [5.41, 5.74) is 1.22. The van der Waals surface area contributed by atoms with Crippen molar-refractivity contribution in [1.29, 1.82) is 0 Å². The number of likely N-dealkylation sites (N-methyl/N-ethyl adjacent to an activating group) is 1. The standard InChI is InChI=1S/C16H26N2/c1-3-13-8-4-5-10-15(13)16(17-2)12-14-9-6-7-11-18-14/h6-7,9,11,13,15-17H,3-5,8,10,12H2,1-2H3. The van der Waals surface area contributed by atoms with Gasteiger partial charge in [0.25, 0.3) is 0 Å². The lowest BCUT2D eigenvalue weighted by molar-refractivity contribution is 0.178. The van der Waals surface area contributed by atoms with E-state index in [2.05, 4.69) is 36.4 Å². The molecule has 1 aliphatic rings. The molecule has 100 valence electrons. The van der Waals surface area contributed by atoms with Crippen molar-refractivity contribution < 1.29 is 0 Å². The van der Waals surface area contributed by atoms with E-state index in [1.165, 1.54) is 37.8 Å². The van der Waals surface area contributed by atoms with Crippen LogP contribution in [-0.2, 0) is 6.42 Å². The van der Waals surface area contributed by atoms with Crippen molar-refractivity contribution in [2.24, 2.45) is 11.8 Å². The van der Waals surface area contributed by atoms with Gasteiger partial charge >= 0.3 is 0 Å². The smallest absolute Gasteiger partial charge is 0.0419 e. The fourth-order valence-corrected chi connectivity index (χ4v) is 3.48. The number of hydrogen-bond acceptors (Lipinski definition) is 2. The average molecular weight is 246 g/mol. The molecule has 2 heteroatoms. The Balaban J connectivity index is 2.03. The highest BCUT2D eigenvalue weighted by atomic mass is 14.9. The second kappa shape index (κ2) is 6.89. The normalized spacial score (nSPS) is 25.9. The zero-order valence-corrected chi connectivity index (χ0v) is 11.7. The van der Waals surface area contributed by atoms with E-state index in [0.717, 1.165) is 18.3 Å². The Morgan fingerprint density at radius 3 is 2.83 bits per heavy atom. The molecule has 0 aromatic carbocycles. The maximum Gasteiger partial charge on any atom is 0.0419 e. The first-order valence-electron chi connectivity index (χ1n) is 7.42. The molecule has 1 aromatic heterocycles. The third kappa shape index (κ3) is 3.32. The number of nitrogens with zero attached hydrogens (tertiary/aromatic N) is 1. The van der Waals surface area contributed by atoms with E-state index in [1.54, 1.807) is 0 Å². The molecule has 1 N–H and O–H groups in total. The molecular weight excluding hydrogens is 220 g/mol. The maximum atomic E-state index is 4.47. The van der Waals surface area contributed by atoms with Crippen LogP contribution in [0.5, 0.6) is 0 Å². The van der Waals surface area contributed by atoms with Gasteiger partial charge in [0.05, 0.1) is 0 Å². The minimum atomic E-state index is 0.588. The van der Waals surface area contributed by atoms with E-state index >= 15 is 0 Å². The lowest BCUT2D eigenvalue weighted by Crippen LogP contribution is -2.41. The zero-order chi connectivity index (χ0) is 12.8. The first-order chi connectivity index (χ1) is 8.85. The molecule has 0 amide bonds. The van der Waals surface area contributed by atoms with Gasteiger partial charge in [-0.25, -0.2) is 0 Å². The van der Waals surface area contributed by atoms with Gasteiger partial charge in [0.15, 0.2) is 0 Å². The highest BCUT2D eigenvalue weighted by Crippen LogP contribution is 2.35. The van der Waals surface area contributed by atoms with Gasteiger partial charge in [0.1, 0.15) is 0 Å². The van der Waals surface area contributed by atoms with Crippen LogP contribution in [0.2, 0.25) is 0 Å². The molecule has 0 radical (unpaired) electrons. The van der Waals surface area contributed by atoms with Crippen molar-refractivity contribution in [3.8, 4) is 0 Å². The maximum absolute atomic E-state index is 4.47. The molecule has 2 rings (SSSR count). The van der Waals surface area contributed by atoms with Crippen LogP contribution in [0.15, 0.2) is 24.4 Å². The van der Waals surface area contributed by atoms with Crippen LogP contribution in [-0.4, -0.2) is 18.1 Å². The van der Waals surface area contributed by atoms with Gasteiger partial charge < -0.3 is 5.32 Å². The van der Waals surface area contributed by atoms with E-state index in [9.17, 15) is 0 Å². The Bertz CT molecular complexity index is 336. The monoisotopic (exact) mass is 246 g/mol. The Morgan fingerprint density at radius 2 is 2.17 bits per heavy atom. The Labute approximate surface area is 111 Å². The fourth-order valence-electron chi connectivity index (χ4n) is 3.48. The Hall–Kier alpha value is -0.890. The summed E-state index contributed by atoms with van der Waals surface area (Å²) in [4.78, 5) is 4.47. The molecule has 1 fully saturated rings. The van der Waals surface area contributed by atoms with Crippen LogP contribution in [0.4, 0.5) is 0 Å². The van der Waals surface area contributed by atoms with Gasteiger partial charge in [0.2, 0.25) is 0 Å². The van der Waals surface area contributed by atoms with Crippen LogP contribution in [0.1, 0.15) is 44.7 Å². The van der Waals surface area contributed by atoms with E-state index in [1.807, 2.05) is 12.3 Å². The van der Waals surface area contributed by atoms with Crippen LogP contribution in [0.25, 0.3) is 0 Å². The van der Waals surface area contributed by atoms with Crippen molar-refractivity contribution in [1.82, 2.24) is 10.3 Å². The van der Waals surface area contributed by atoms with E-state index in [4.69, 9.17) is 0 Å². The van der Waals surface area contributed by atoms with E-state index in [0.29, 0.717) is 6.04 Å². The molecular formula is C16H26N2. The van der Waals surface area contributed by atoms with Crippen LogP contribution < -0.4 is 5.32 Å². The van der Waals surface area contributed by atoms with Gasteiger partial charge in [0, 0.05) is 24.4 Å². The first kappa shape index (κ1) is 13.5. The topological polar surface area (TPSA) is 24.9 Å². The quantitative estimate of drug-likeness (QED) is 0.861. The van der Waals surface area contributed by atoms with E-state index in [-0.39, 0.29) is 0 Å². The minimum Gasteiger partial charge on any atom is -0.316 e. The van der Waals surface area contributed by atoms with Crippen molar-refractivity contribution >= 4 is 0 Å². The largest absolute Gasteiger partial charge is 0.316 e. The molecule has 2 nitrogen and oxygen atoms in total. The van der Waals surface area contributed by atoms with Crippen LogP contribution in [0, 0.1) is 11.8 Å². The summed E-state index contributed by atoms with van der Waals surface area (Å²) >= 11 is 0. The van der Waals surface area contributed by atoms with Gasteiger partial charge in [-0.15, -0.1) is 0 Å².